The number of phenolic OH excluding ortho intramolecular Hbond substituents is 1. The van der Waals surface area contributed by atoms with Crippen LogP contribution in [-0.4, -0.2) is 71.6 Å². The van der Waals surface area contributed by atoms with Gasteiger partial charge in [-0.05, 0) is 30.2 Å². The summed E-state index contributed by atoms with van der Waals surface area (Å²) in [5, 5.41) is 9.68. The molecule has 0 bridgehead atoms. The summed E-state index contributed by atoms with van der Waals surface area (Å²) in [7, 11) is 1.49. The topological polar surface area (TPSA) is 62.2 Å². The lowest BCUT2D eigenvalue weighted by molar-refractivity contribution is -0.122. The van der Waals surface area contributed by atoms with Gasteiger partial charge < -0.3 is 14.6 Å². The number of amides is 1. The Morgan fingerprint density at radius 2 is 2.12 bits per heavy atom. The summed E-state index contributed by atoms with van der Waals surface area (Å²) in [6.07, 6.45) is 2.66. The number of methoxy groups -OCH3 is 1. The molecule has 6 nitrogen and oxygen atoms in total. The summed E-state index contributed by atoms with van der Waals surface area (Å²) >= 11 is 6.69. The second-order valence-electron chi connectivity index (χ2n) is 6.07. The maximum Gasteiger partial charge on any atom is 0.266 e. The lowest BCUT2D eigenvalue weighted by Gasteiger charge is -2.27. The van der Waals surface area contributed by atoms with Gasteiger partial charge in [0.25, 0.3) is 5.91 Å². The van der Waals surface area contributed by atoms with Crippen LogP contribution < -0.4 is 4.74 Å². The Labute approximate surface area is 162 Å². The van der Waals surface area contributed by atoms with Gasteiger partial charge in [-0.1, -0.05) is 30.0 Å². The molecule has 2 aliphatic heterocycles. The quantitative estimate of drug-likeness (QED) is 0.587. The van der Waals surface area contributed by atoms with Crippen LogP contribution in [0.15, 0.2) is 23.1 Å². The van der Waals surface area contributed by atoms with E-state index in [1.54, 1.807) is 29.2 Å². The maximum absolute atomic E-state index is 12.7. The van der Waals surface area contributed by atoms with Crippen molar-refractivity contribution in [3.8, 4) is 11.5 Å². The van der Waals surface area contributed by atoms with Crippen LogP contribution in [0, 0.1) is 0 Å². The van der Waals surface area contributed by atoms with E-state index in [2.05, 4.69) is 4.90 Å². The molecule has 0 aliphatic carbocycles. The summed E-state index contributed by atoms with van der Waals surface area (Å²) in [6.45, 7) is 5.01. The number of ether oxygens (including phenoxy) is 2. The van der Waals surface area contributed by atoms with Crippen LogP contribution in [-0.2, 0) is 9.53 Å². The van der Waals surface area contributed by atoms with Gasteiger partial charge in [-0.3, -0.25) is 14.6 Å². The highest BCUT2D eigenvalue weighted by molar-refractivity contribution is 8.26. The SMILES string of the molecule is COc1cc(/C=C2\SC(=S)N(CCCN3CCOCC3)C2=O)ccc1O. The van der Waals surface area contributed by atoms with E-state index in [1.165, 1.54) is 18.9 Å². The molecule has 0 unspecified atom stereocenters. The summed E-state index contributed by atoms with van der Waals surface area (Å²) in [5.41, 5.74) is 0.786. The number of carbonyl (C=O) groups is 1. The van der Waals surface area contributed by atoms with Gasteiger partial charge in [0, 0.05) is 26.2 Å². The molecule has 0 atom stereocenters. The first kappa shape index (κ1) is 19.2. The van der Waals surface area contributed by atoms with E-state index < -0.39 is 0 Å². The lowest BCUT2D eigenvalue weighted by Crippen LogP contribution is -2.38. The van der Waals surface area contributed by atoms with Crippen molar-refractivity contribution in [1.82, 2.24) is 9.80 Å². The first-order valence-corrected chi connectivity index (χ1v) is 9.73. The number of thiocarbonyl (C=S) groups is 1. The number of morpholine rings is 1. The molecule has 2 heterocycles. The zero-order valence-electron chi connectivity index (χ0n) is 14.6. The fourth-order valence-corrected chi connectivity index (χ4v) is 4.21. The molecule has 2 fully saturated rings. The summed E-state index contributed by atoms with van der Waals surface area (Å²) < 4.78 is 11.0. The fraction of sp³-hybridized carbons (Fsp3) is 0.444. The van der Waals surface area contributed by atoms with Gasteiger partial charge in [-0.2, -0.15) is 0 Å². The number of aromatic hydroxyl groups is 1. The summed E-state index contributed by atoms with van der Waals surface area (Å²) in [6, 6.07) is 4.98. The molecule has 1 amide bonds. The monoisotopic (exact) mass is 394 g/mol. The van der Waals surface area contributed by atoms with Crippen molar-refractivity contribution < 1.29 is 19.4 Å². The van der Waals surface area contributed by atoms with Gasteiger partial charge in [0.2, 0.25) is 0 Å². The van der Waals surface area contributed by atoms with Crippen LogP contribution in [0.4, 0.5) is 0 Å². The predicted octanol–water partition coefficient (Wildman–Crippen LogP) is 2.32. The third-order valence-electron chi connectivity index (χ3n) is 4.33. The van der Waals surface area contributed by atoms with Crippen molar-refractivity contribution >= 4 is 40.3 Å². The van der Waals surface area contributed by atoms with Gasteiger partial charge in [0.15, 0.2) is 11.5 Å². The van der Waals surface area contributed by atoms with Gasteiger partial charge in [-0.25, -0.2) is 0 Å². The lowest BCUT2D eigenvalue weighted by atomic mass is 10.2. The predicted molar refractivity (Wildman–Crippen MR) is 106 cm³/mol. The molecule has 3 rings (SSSR count). The number of thioether (sulfide) groups is 1. The molecule has 26 heavy (non-hydrogen) atoms. The summed E-state index contributed by atoms with van der Waals surface area (Å²) in [5.74, 6) is 0.383. The highest BCUT2D eigenvalue weighted by Gasteiger charge is 2.31. The number of phenols is 1. The molecule has 1 N–H and O–H groups in total. The molecule has 1 aromatic rings. The number of rotatable bonds is 6. The number of nitrogens with zero attached hydrogens (tertiary/aromatic N) is 2. The molecule has 0 radical (unpaired) electrons. The Morgan fingerprint density at radius 1 is 1.35 bits per heavy atom. The van der Waals surface area contributed by atoms with Crippen molar-refractivity contribution in [2.24, 2.45) is 0 Å². The molecule has 0 saturated carbocycles. The highest BCUT2D eigenvalue weighted by atomic mass is 32.2. The van der Waals surface area contributed by atoms with Crippen LogP contribution in [0.1, 0.15) is 12.0 Å². The zero-order chi connectivity index (χ0) is 18.5. The van der Waals surface area contributed by atoms with Gasteiger partial charge in [-0.15, -0.1) is 0 Å². The van der Waals surface area contributed by atoms with Crippen LogP contribution in [0.5, 0.6) is 11.5 Å². The first-order chi connectivity index (χ1) is 12.6. The highest BCUT2D eigenvalue weighted by Crippen LogP contribution is 2.34. The average Bonchev–Trinajstić information content (AvgIpc) is 2.91. The maximum atomic E-state index is 12.7. The molecule has 2 aliphatic rings. The minimum absolute atomic E-state index is 0.0611. The largest absolute Gasteiger partial charge is 0.504 e. The van der Waals surface area contributed by atoms with Crippen molar-refractivity contribution in [2.75, 3.05) is 46.5 Å². The molecule has 140 valence electrons. The third-order valence-corrected chi connectivity index (χ3v) is 5.71. The second kappa shape index (κ2) is 8.85. The number of hydrogen-bond acceptors (Lipinski definition) is 7. The van der Waals surface area contributed by atoms with Crippen molar-refractivity contribution in [2.45, 2.75) is 6.42 Å². The van der Waals surface area contributed by atoms with Crippen LogP contribution >= 0.6 is 24.0 Å². The standard InChI is InChI=1S/C18H22N2O4S2/c1-23-15-11-13(3-4-14(15)21)12-16-17(22)20(18(25)26-16)6-2-5-19-7-9-24-10-8-19/h3-4,11-12,21H,2,5-10H2,1H3/b16-12-. The van der Waals surface area contributed by atoms with Crippen LogP contribution in [0.2, 0.25) is 0 Å². The van der Waals surface area contributed by atoms with E-state index in [4.69, 9.17) is 21.7 Å². The van der Waals surface area contributed by atoms with E-state index in [-0.39, 0.29) is 11.7 Å². The second-order valence-corrected chi connectivity index (χ2v) is 7.75. The van der Waals surface area contributed by atoms with Crippen molar-refractivity contribution in [3.63, 3.8) is 0 Å². The van der Waals surface area contributed by atoms with Gasteiger partial charge >= 0.3 is 0 Å². The van der Waals surface area contributed by atoms with E-state index in [9.17, 15) is 9.90 Å². The van der Waals surface area contributed by atoms with Crippen LogP contribution in [0.25, 0.3) is 6.08 Å². The first-order valence-electron chi connectivity index (χ1n) is 8.51. The van der Waals surface area contributed by atoms with E-state index in [0.717, 1.165) is 44.8 Å². The minimum Gasteiger partial charge on any atom is -0.504 e. The molecule has 1 aromatic carbocycles. The average molecular weight is 395 g/mol. The normalized spacial score (nSPS) is 20.2. The van der Waals surface area contributed by atoms with E-state index in [0.29, 0.717) is 21.5 Å². The Morgan fingerprint density at radius 3 is 2.85 bits per heavy atom. The van der Waals surface area contributed by atoms with E-state index >= 15 is 0 Å². The molecular formula is C18H22N2O4S2. The number of carbonyl (C=O) groups excluding carboxylic acids is 1. The van der Waals surface area contributed by atoms with Gasteiger partial charge in [0.1, 0.15) is 4.32 Å². The minimum atomic E-state index is -0.0611. The number of benzene rings is 1. The Balaban J connectivity index is 1.60. The van der Waals surface area contributed by atoms with Crippen LogP contribution in [0.3, 0.4) is 0 Å². The molecular weight excluding hydrogens is 372 g/mol. The third kappa shape index (κ3) is 4.56. The summed E-state index contributed by atoms with van der Waals surface area (Å²) in [4.78, 5) is 17.3. The van der Waals surface area contributed by atoms with E-state index in [1.807, 2.05) is 0 Å². The van der Waals surface area contributed by atoms with Crippen molar-refractivity contribution in [3.05, 3.63) is 28.7 Å². The zero-order valence-corrected chi connectivity index (χ0v) is 16.3. The van der Waals surface area contributed by atoms with Gasteiger partial charge in [0.05, 0.1) is 25.2 Å². The molecule has 0 aromatic heterocycles. The Hall–Kier alpha value is -1.61. The Bertz CT molecular complexity index is 717. The Kier molecular flexibility index (Phi) is 6.53. The number of hydrogen-bond donors (Lipinski definition) is 1. The molecule has 8 heteroatoms. The molecule has 2 saturated heterocycles. The fourth-order valence-electron chi connectivity index (χ4n) is 2.91. The smallest absolute Gasteiger partial charge is 0.266 e. The molecule has 0 spiro atoms. The van der Waals surface area contributed by atoms with Crippen molar-refractivity contribution in [1.29, 1.82) is 0 Å².